The maximum atomic E-state index is 12.9. The minimum Gasteiger partial charge on any atom is -0.486 e. The molecule has 0 saturated heterocycles. The van der Waals surface area contributed by atoms with Gasteiger partial charge in [-0.1, -0.05) is 30.3 Å². The largest absolute Gasteiger partial charge is 0.486 e. The molecule has 0 aromatic heterocycles. The number of rotatable bonds is 7. The molecule has 2 nitrogen and oxygen atoms in total. The molecule has 0 aliphatic rings. The van der Waals surface area contributed by atoms with Crippen molar-refractivity contribution in [2.45, 2.75) is 25.4 Å². The van der Waals surface area contributed by atoms with Crippen molar-refractivity contribution >= 4 is 0 Å². The Morgan fingerprint density at radius 3 is 2.30 bits per heavy atom. The van der Waals surface area contributed by atoms with Crippen molar-refractivity contribution in [3.05, 3.63) is 66.0 Å². The first kappa shape index (κ1) is 14.5. The quantitative estimate of drug-likeness (QED) is 0.772. The van der Waals surface area contributed by atoms with Gasteiger partial charge in [-0.2, -0.15) is 0 Å². The van der Waals surface area contributed by atoms with Crippen molar-refractivity contribution in [3.8, 4) is 5.75 Å². The Bertz CT molecular complexity index is 498. The van der Waals surface area contributed by atoms with Gasteiger partial charge in [0.15, 0.2) is 0 Å². The molecule has 0 heterocycles. The number of hydrogen-bond donors (Lipinski definition) is 1. The molecule has 0 spiro atoms. The van der Waals surface area contributed by atoms with Gasteiger partial charge in [-0.25, -0.2) is 4.39 Å². The standard InChI is InChI=1S/C17H20FNO/c18-15-9-11-16(12-10-15)20-17(8-4-5-13-19)14-6-2-1-3-7-14/h1-3,6-7,9-12,17H,4-5,8,13,19H2. The molecule has 2 aromatic rings. The van der Waals surface area contributed by atoms with Crippen LogP contribution in [0.4, 0.5) is 4.39 Å². The lowest BCUT2D eigenvalue weighted by Crippen LogP contribution is -2.09. The normalized spacial score (nSPS) is 12.1. The molecule has 0 radical (unpaired) electrons. The third-order valence-electron chi connectivity index (χ3n) is 3.18. The van der Waals surface area contributed by atoms with Gasteiger partial charge >= 0.3 is 0 Å². The Hall–Kier alpha value is -1.87. The molecule has 2 rings (SSSR count). The van der Waals surface area contributed by atoms with Crippen LogP contribution in [-0.2, 0) is 0 Å². The number of unbranched alkanes of at least 4 members (excludes halogenated alkanes) is 1. The number of benzene rings is 2. The molecule has 0 fully saturated rings. The Labute approximate surface area is 119 Å². The van der Waals surface area contributed by atoms with E-state index >= 15 is 0 Å². The van der Waals surface area contributed by atoms with Gasteiger partial charge < -0.3 is 10.5 Å². The highest BCUT2D eigenvalue weighted by atomic mass is 19.1. The predicted octanol–water partition coefficient (Wildman–Crippen LogP) is 4.07. The number of hydrogen-bond acceptors (Lipinski definition) is 2. The van der Waals surface area contributed by atoms with E-state index in [0.717, 1.165) is 24.8 Å². The molecule has 0 aliphatic carbocycles. The van der Waals surface area contributed by atoms with Crippen LogP contribution in [0.2, 0.25) is 0 Å². The van der Waals surface area contributed by atoms with Crippen LogP contribution < -0.4 is 10.5 Å². The predicted molar refractivity (Wildman–Crippen MR) is 79.1 cm³/mol. The zero-order valence-corrected chi connectivity index (χ0v) is 11.5. The monoisotopic (exact) mass is 273 g/mol. The van der Waals surface area contributed by atoms with Gasteiger partial charge in [-0.3, -0.25) is 0 Å². The van der Waals surface area contributed by atoms with Crippen molar-refractivity contribution in [2.24, 2.45) is 5.73 Å². The molecule has 0 aliphatic heterocycles. The highest BCUT2D eigenvalue weighted by molar-refractivity contribution is 5.25. The van der Waals surface area contributed by atoms with Crippen LogP contribution in [-0.4, -0.2) is 6.54 Å². The van der Waals surface area contributed by atoms with Gasteiger partial charge in [0.1, 0.15) is 17.7 Å². The van der Waals surface area contributed by atoms with Gasteiger partial charge in [0, 0.05) is 0 Å². The van der Waals surface area contributed by atoms with Gasteiger partial charge in [0.05, 0.1) is 0 Å². The summed E-state index contributed by atoms with van der Waals surface area (Å²) in [7, 11) is 0. The Morgan fingerprint density at radius 2 is 1.65 bits per heavy atom. The zero-order valence-electron chi connectivity index (χ0n) is 11.5. The van der Waals surface area contributed by atoms with E-state index in [4.69, 9.17) is 10.5 Å². The average molecular weight is 273 g/mol. The molecular weight excluding hydrogens is 253 g/mol. The molecule has 2 aromatic carbocycles. The van der Waals surface area contributed by atoms with Crippen molar-refractivity contribution < 1.29 is 9.13 Å². The smallest absolute Gasteiger partial charge is 0.124 e. The van der Waals surface area contributed by atoms with Gasteiger partial charge in [0.25, 0.3) is 0 Å². The highest BCUT2D eigenvalue weighted by Gasteiger charge is 2.12. The molecule has 3 heteroatoms. The van der Waals surface area contributed by atoms with E-state index < -0.39 is 0 Å². The lowest BCUT2D eigenvalue weighted by Gasteiger charge is -2.19. The van der Waals surface area contributed by atoms with E-state index in [1.165, 1.54) is 12.1 Å². The molecule has 20 heavy (non-hydrogen) atoms. The summed E-state index contributed by atoms with van der Waals surface area (Å²) in [6, 6.07) is 16.2. The second kappa shape index (κ2) is 7.65. The van der Waals surface area contributed by atoms with E-state index in [2.05, 4.69) is 12.1 Å². The van der Waals surface area contributed by atoms with E-state index in [-0.39, 0.29) is 11.9 Å². The van der Waals surface area contributed by atoms with Gasteiger partial charge in [-0.05, 0) is 55.6 Å². The van der Waals surface area contributed by atoms with E-state index in [1.54, 1.807) is 12.1 Å². The number of ether oxygens (including phenoxy) is 1. The van der Waals surface area contributed by atoms with Crippen LogP contribution in [0.25, 0.3) is 0 Å². The van der Waals surface area contributed by atoms with Crippen LogP contribution in [0.1, 0.15) is 30.9 Å². The van der Waals surface area contributed by atoms with Crippen LogP contribution in [0.3, 0.4) is 0 Å². The first-order chi connectivity index (χ1) is 9.79. The third-order valence-corrected chi connectivity index (χ3v) is 3.18. The van der Waals surface area contributed by atoms with E-state index in [0.29, 0.717) is 12.3 Å². The maximum absolute atomic E-state index is 12.9. The van der Waals surface area contributed by atoms with Crippen LogP contribution >= 0.6 is 0 Å². The first-order valence-corrected chi connectivity index (χ1v) is 6.97. The SMILES string of the molecule is NCCCCC(Oc1ccc(F)cc1)c1ccccc1. The van der Waals surface area contributed by atoms with Crippen LogP contribution in [0, 0.1) is 5.82 Å². The van der Waals surface area contributed by atoms with Crippen molar-refractivity contribution in [3.63, 3.8) is 0 Å². The van der Waals surface area contributed by atoms with Gasteiger partial charge in [-0.15, -0.1) is 0 Å². The summed E-state index contributed by atoms with van der Waals surface area (Å²) in [5.74, 6) is 0.435. The first-order valence-electron chi connectivity index (χ1n) is 6.97. The van der Waals surface area contributed by atoms with Crippen LogP contribution in [0.15, 0.2) is 54.6 Å². The van der Waals surface area contributed by atoms with Gasteiger partial charge in [0.2, 0.25) is 0 Å². The number of nitrogens with two attached hydrogens (primary N) is 1. The topological polar surface area (TPSA) is 35.2 Å². The molecule has 1 unspecified atom stereocenters. The molecule has 0 saturated carbocycles. The summed E-state index contributed by atoms with van der Waals surface area (Å²) in [6.45, 7) is 0.693. The fourth-order valence-electron chi connectivity index (χ4n) is 2.11. The second-order valence-corrected chi connectivity index (χ2v) is 4.76. The Kier molecular flexibility index (Phi) is 5.56. The second-order valence-electron chi connectivity index (χ2n) is 4.76. The van der Waals surface area contributed by atoms with Crippen LogP contribution in [0.5, 0.6) is 5.75 Å². The summed E-state index contributed by atoms with van der Waals surface area (Å²) in [4.78, 5) is 0. The lowest BCUT2D eigenvalue weighted by atomic mass is 10.0. The summed E-state index contributed by atoms with van der Waals surface area (Å²) < 4.78 is 18.9. The zero-order chi connectivity index (χ0) is 14.2. The third kappa shape index (κ3) is 4.35. The molecule has 0 bridgehead atoms. The average Bonchev–Trinajstić information content (AvgIpc) is 2.49. The van der Waals surface area contributed by atoms with E-state index in [9.17, 15) is 4.39 Å². The summed E-state index contributed by atoms with van der Waals surface area (Å²) in [6.07, 6.45) is 2.87. The Morgan fingerprint density at radius 1 is 0.950 bits per heavy atom. The molecule has 0 amide bonds. The molecular formula is C17H20FNO. The fourth-order valence-corrected chi connectivity index (χ4v) is 2.11. The van der Waals surface area contributed by atoms with Crippen molar-refractivity contribution in [1.82, 2.24) is 0 Å². The summed E-state index contributed by atoms with van der Waals surface area (Å²) >= 11 is 0. The lowest BCUT2D eigenvalue weighted by molar-refractivity contribution is 0.191. The highest BCUT2D eigenvalue weighted by Crippen LogP contribution is 2.26. The molecule has 106 valence electrons. The van der Waals surface area contributed by atoms with E-state index in [1.807, 2.05) is 18.2 Å². The number of halogens is 1. The summed E-state index contributed by atoms with van der Waals surface area (Å²) in [5, 5.41) is 0. The maximum Gasteiger partial charge on any atom is 0.124 e. The summed E-state index contributed by atoms with van der Waals surface area (Å²) in [5.41, 5.74) is 6.67. The van der Waals surface area contributed by atoms with Crippen molar-refractivity contribution in [2.75, 3.05) is 6.54 Å². The minimum atomic E-state index is -0.253. The molecule has 1 atom stereocenters. The fraction of sp³-hybridized carbons (Fsp3) is 0.294. The Balaban J connectivity index is 2.07. The minimum absolute atomic E-state index is 0.0202. The molecule has 2 N–H and O–H groups in total. The van der Waals surface area contributed by atoms with Crippen molar-refractivity contribution in [1.29, 1.82) is 0 Å².